The summed E-state index contributed by atoms with van der Waals surface area (Å²) in [4.78, 5) is 11.1. The molecule has 0 unspecified atom stereocenters. The van der Waals surface area contributed by atoms with Gasteiger partial charge in [0.05, 0.1) is 5.56 Å². The van der Waals surface area contributed by atoms with Gasteiger partial charge < -0.3 is 11.1 Å². The molecule has 0 aliphatic carbocycles. The van der Waals surface area contributed by atoms with Gasteiger partial charge >= 0.3 is 0 Å². The molecule has 0 radical (unpaired) electrons. The quantitative estimate of drug-likeness (QED) is 0.720. The Labute approximate surface area is 77.9 Å². The van der Waals surface area contributed by atoms with Crippen LogP contribution in [0.3, 0.4) is 0 Å². The van der Waals surface area contributed by atoms with Gasteiger partial charge in [-0.2, -0.15) is 0 Å². The molecule has 0 heterocycles. The van der Waals surface area contributed by atoms with Crippen molar-refractivity contribution in [1.82, 2.24) is 0 Å². The smallest absolute Gasteiger partial charge is 0.251 e. The van der Waals surface area contributed by atoms with Gasteiger partial charge in [-0.15, -0.1) is 0 Å². The number of hydrogen-bond donors (Lipinski definition) is 2. The van der Waals surface area contributed by atoms with Crippen molar-refractivity contribution in [2.24, 2.45) is 5.73 Å². The van der Waals surface area contributed by atoms with Gasteiger partial charge in [0.25, 0.3) is 5.91 Å². The van der Waals surface area contributed by atoms with E-state index in [1.165, 1.54) is 0 Å². The Morgan fingerprint density at radius 3 is 2.46 bits per heavy atom. The number of primary amides is 1. The zero-order chi connectivity index (χ0) is 10.0. The van der Waals surface area contributed by atoms with Crippen LogP contribution in [0.4, 0.5) is 5.69 Å². The number of amides is 1. The average Bonchev–Trinajstić information content (AvgIpc) is 2.08. The minimum atomic E-state index is -0.384. The predicted molar refractivity (Wildman–Crippen MR) is 54.0 cm³/mol. The molecule has 3 nitrogen and oxygen atoms in total. The molecule has 0 aliphatic heterocycles. The average molecular weight is 178 g/mol. The summed E-state index contributed by atoms with van der Waals surface area (Å²) in [5.41, 5.74) is 8.67. The first-order chi connectivity index (χ1) is 6.07. The van der Waals surface area contributed by atoms with Crippen molar-refractivity contribution in [3.05, 3.63) is 28.8 Å². The second-order valence-electron chi connectivity index (χ2n) is 3.04. The molecule has 0 saturated carbocycles. The van der Waals surface area contributed by atoms with Gasteiger partial charge in [0, 0.05) is 12.7 Å². The molecule has 0 saturated heterocycles. The van der Waals surface area contributed by atoms with Crippen LogP contribution in [0.5, 0.6) is 0 Å². The summed E-state index contributed by atoms with van der Waals surface area (Å²) in [6.45, 7) is 3.86. The third-order valence-corrected chi connectivity index (χ3v) is 2.25. The first kappa shape index (κ1) is 9.58. The summed E-state index contributed by atoms with van der Waals surface area (Å²) in [7, 11) is 1.77. The van der Waals surface area contributed by atoms with E-state index in [1.807, 2.05) is 26.0 Å². The van der Waals surface area contributed by atoms with Crippen LogP contribution in [0.2, 0.25) is 0 Å². The van der Waals surface area contributed by atoms with Crippen LogP contribution < -0.4 is 11.1 Å². The number of nitrogens with one attached hydrogen (secondary N) is 1. The van der Waals surface area contributed by atoms with Crippen LogP contribution in [-0.2, 0) is 0 Å². The lowest BCUT2D eigenvalue weighted by molar-refractivity contribution is 0.100. The maximum absolute atomic E-state index is 11.1. The van der Waals surface area contributed by atoms with Gasteiger partial charge in [-0.3, -0.25) is 4.79 Å². The van der Waals surface area contributed by atoms with E-state index < -0.39 is 0 Å². The molecule has 3 N–H and O–H groups in total. The molecule has 0 fully saturated rings. The van der Waals surface area contributed by atoms with Crippen LogP contribution in [0.1, 0.15) is 21.5 Å². The molecule has 1 aromatic carbocycles. The lowest BCUT2D eigenvalue weighted by atomic mass is 10.0. The Bertz CT molecular complexity index is 345. The number of benzene rings is 1. The van der Waals surface area contributed by atoms with Crippen LogP contribution >= 0.6 is 0 Å². The van der Waals surface area contributed by atoms with Crippen molar-refractivity contribution >= 4 is 11.6 Å². The number of carbonyl (C=O) groups is 1. The number of aryl methyl sites for hydroxylation is 1. The van der Waals surface area contributed by atoms with Crippen molar-refractivity contribution in [2.45, 2.75) is 13.8 Å². The highest BCUT2D eigenvalue weighted by molar-refractivity contribution is 6.00. The second-order valence-corrected chi connectivity index (χ2v) is 3.04. The first-order valence-electron chi connectivity index (χ1n) is 4.15. The molecule has 70 valence electrons. The monoisotopic (exact) mass is 178 g/mol. The second kappa shape index (κ2) is 3.47. The van der Waals surface area contributed by atoms with Crippen LogP contribution in [0, 0.1) is 13.8 Å². The van der Waals surface area contributed by atoms with Gasteiger partial charge in [0.1, 0.15) is 0 Å². The molecule has 1 rings (SSSR count). The molecule has 1 amide bonds. The number of rotatable bonds is 2. The molecule has 0 aromatic heterocycles. The van der Waals surface area contributed by atoms with Gasteiger partial charge in [0.15, 0.2) is 0 Å². The Kier molecular flexibility index (Phi) is 2.56. The van der Waals surface area contributed by atoms with Gasteiger partial charge in [-0.05, 0) is 31.0 Å². The first-order valence-corrected chi connectivity index (χ1v) is 4.15. The number of carbonyl (C=O) groups excluding carboxylic acids is 1. The fourth-order valence-corrected chi connectivity index (χ4v) is 1.34. The molecular formula is C10H14N2O. The Morgan fingerprint density at radius 2 is 2.00 bits per heavy atom. The van der Waals surface area contributed by atoms with E-state index >= 15 is 0 Å². The van der Waals surface area contributed by atoms with E-state index in [-0.39, 0.29) is 5.91 Å². The molecule has 3 heteroatoms. The minimum absolute atomic E-state index is 0.384. The summed E-state index contributed by atoms with van der Waals surface area (Å²) in [6.07, 6.45) is 0. The summed E-state index contributed by atoms with van der Waals surface area (Å²) in [5.74, 6) is -0.384. The lowest BCUT2D eigenvalue weighted by Crippen LogP contribution is -2.15. The highest BCUT2D eigenvalue weighted by Crippen LogP contribution is 2.21. The van der Waals surface area contributed by atoms with Crippen molar-refractivity contribution in [3.8, 4) is 0 Å². The van der Waals surface area contributed by atoms with E-state index in [1.54, 1.807) is 7.05 Å². The summed E-state index contributed by atoms with van der Waals surface area (Å²) < 4.78 is 0. The number of anilines is 1. The van der Waals surface area contributed by atoms with Crippen LogP contribution in [0.15, 0.2) is 12.1 Å². The van der Waals surface area contributed by atoms with E-state index in [4.69, 9.17) is 5.73 Å². The van der Waals surface area contributed by atoms with Crippen molar-refractivity contribution in [2.75, 3.05) is 12.4 Å². The Balaban J connectivity index is 3.41. The predicted octanol–water partition coefficient (Wildman–Crippen LogP) is 1.44. The van der Waals surface area contributed by atoms with Crippen molar-refractivity contribution < 1.29 is 4.79 Å². The Hall–Kier alpha value is -1.51. The third-order valence-electron chi connectivity index (χ3n) is 2.25. The summed E-state index contributed by atoms with van der Waals surface area (Å²) in [6, 6.07) is 3.83. The summed E-state index contributed by atoms with van der Waals surface area (Å²) in [5, 5.41) is 2.94. The standard InChI is InChI=1S/C10H14N2O/c1-6-4-5-8(12-3)9(7(6)2)10(11)13/h4-5,12H,1-3H3,(H2,11,13). The molecule has 13 heavy (non-hydrogen) atoms. The highest BCUT2D eigenvalue weighted by atomic mass is 16.1. The van der Waals surface area contributed by atoms with E-state index in [9.17, 15) is 4.79 Å². The highest BCUT2D eigenvalue weighted by Gasteiger charge is 2.11. The van der Waals surface area contributed by atoms with Crippen LogP contribution in [-0.4, -0.2) is 13.0 Å². The van der Waals surface area contributed by atoms with Gasteiger partial charge in [-0.25, -0.2) is 0 Å². The fraction of sp³-hybridized carbons (Fsp3) is 0.300. The number of nitrogens with two attached hydrogens (primary N) is 1. The molecule has 0 aliphatic rings. The van der Waals surface area contributed by atoms with Crippen molar-refractivity contribution in [3.63, 3.8) is 0 Å². The Morgan fingerprint density at radius 1 is 1.38 bits per heavy atom. The molecular weight excluding hydrogens is 164 g/mol. The minimum Gasteiger partial charge on any atom is -0.387 e. The molecule has 0 bridgehead atoms. The van der Waals surface area contributed by atoms with Crippen LogP contribution in [0.25, 0.3) is 0 Å². The van der Waals surface area contributed by atoms with E-state index in [2.05, 4.69) is 5.32 Å². The topological polar surface area (TPSA) is 55.1 Å². The normalized spacial score (nSPS) is 9.77. The molecule has 0 atom stereocenters. The maximum atomic E-state index is 11.1. The van der Waals surface area contributed by atoms with E-state index in [0.717, 1.165) is 16.8 Å². The van der Waals surface area contributed by atoms with E-state index in [0.29, 0.717) is 5.56 Å². The van der Waals surface area contributed by atoms with Crippen molar-refractivity contribution in [1.29, 1.82) is 0 Å². The largest absolute Gasteiger partial charge is 0.387 e. The van der Waals surface area contributed by atoms with Gasteiger partial charge in [-0.1, -0.05) is 6.07 Å². The van der Waals surface area contributed by atoms with Gasteiger partial charge in [0.2, 0.25) is 0 Å². The lowest BCUT2D eigenvalue weighted by Gasteiger charge is -2.11. The molecule has 0 spiro atoms. The zero-order valence-electron chi connectivity index (χ0n) is 8.14. The number of hydrogen-bond acceptors (Lipinski definition) is 2. The summed E-state index contributed by atoms with van der Waals surface area (Å²) >= 11 is 0. The SMILES string of the molecule is CNc1ccc(C)c(C)c1C(N)=O. The molecule has 1 aromatic rings. The fourth-order valence-electron chi connectivity index (χ4n) is 1.34. The maximum Gasteiger partial charge on any atom is 0.251 e. The third kappa shape index (κ3) is 1.64. The zero-order valence-corrected chi connectivity index (χ0v) is 8.14.